The van der Waals surface area contributed by atoms with Crippen LogP contribution in [-0.4, -0.2) is 29.6 Å². The van der Waals surface area contributed by atoms with Gasteiger partial charge >= 0.3 is 0 Å². The average molecular weight is 374 g/mol. The molecule has 1 saturated carbocycles. The standard InChI is InChI=1S/C23H22N2O3/c1-2-11-28-19-10-9-14-5-3-4-6-17(14)18(19)13-24-25-22(26)20-15-7-8-16(12-15)21(20)23(25)27/h3-10,13,15-16,20-21H,2,11-12H2,1H3/t15-,16+,20-,21+. The number of hydrogen-bond donors (Lipinski definition) is 0. The molecule has 2 aliphatic carbocycles. The molecule has 0 unspecified atom stereocenters. The number of ether oxygens (including phenoxy) is 1. The van der Waals surface area contributed by atoms with E-state index >= 15 is 0 Å². The molecule has 0 radical (unpaired) electrons. The average Bonchev–Trinajstić information content (AvgIpc) is 3.39. The minimum atomic E-state index is -0.233. The fourth-order valence-electron chi connectivity index (χ4n) is 4.86. The highest BCUT2D eigenvalue weighted by Crippen LogP contribution is 2.52. The third-order valence-electron chi connectivity index (χ3n) is 6.14. The molecule has 2 bridgehead atoms. The van der Waals surface area contributed by atoms with Crippen LogP contribution in [0.1, 0.15) is 25.3 Å². The minimum absolute atomic E-state index is 0.167. The summed E-state index contributed by atoms with van der Waals surface area (Å²) < 4.78 is 5.89. The van der Waals surface area contributed by atoms with Gasteiger partial charge in [-0.25, -0.2) is 0 Å². The Balaban J connectivity index is 1.50. The quantitative estimate of drug-likeness (QED) is 0.455. The van der Waals surface area contributed by atoms with Gasteiger partial charge in [0, 0.05) is 5.56 Å². The summed E-state index contributed by atoms with van der Waals surface area (Å²) in [4.78, 5) is 25.7. The second-order valence-corrected chi connectivity index (χ2v) is 7.78. The van der Waals surface area contributed by atoms with Crippen LogP contribution in [0, 0.1) is 23.7 Å². The van der Waals surface area contributed by atoms with Gasteiger partial charge in [0.15, 0.2) is 0 Å². The number of amides is 2. The summed E-state index contributed by atoms with van der Waals surface area (Å²) in [5.41, 5.74) is 0.797. The maximum atomic E-state index is 12.9. The first kappa shape index (κ1) is 17.2. The summed E-state index contributed by atoms with van der Waals surface area (Å²) in [5, 5.41) is 7.49. The van der Waals surface area contributed by atoms with Gasteiger partial charge in [0.25, 0.3) is 11.8 Å². The Hall–Kier alpha value is -2.95. The van der Waals surface area contributed by atoms with Crippen molar-refractivity contribution in [2.45, 2.75) is 19.8 Å². The summed E-state index contributed by atoms with van der Waals surface area (Å²) in [7, 11) is 0. The van der Waals surface area contributed by atoms with Crippen molar-refractivity contribution in [3.05, 3.63) is 54.1 Å². The topological polar surface area (TPSA) is 59.0 Å². The molecule has 2 aromatic carbocycles. The fourth-order valence-corrected chi connectivity index (χ4v) is 4.86. The van der Waals surface area contributed by atoms with Crippen molar-refractivity contribution in [1.82, 2.24) is 5.01 Å². The van der Waals surface area contributed by atoms with Crippen LogP contribution in [-0.2, 0) is 9.59 Å². The lowest BCUT2D eigenvalue weighted by Crippen LogP contribution is -2.28. The van der Waals surface area contributed by atoms with Crippen LogP contribution in [0.5, 0.6) is 5.75 Å². The minimum Gasteiger partial charge on any atom is -0.493 e. The Morgan fingerprint density at radius 2 is 1.79 bits per heavy atom. The molecule has 0 aromatic heterocycles. The highest BCUT2D eigenvalue weighted by Gasteiger charge is 2.59. The number of hydrogen-bond acceptors (Lipinski definition) is 4. The first-order chi connectivity index (χ1) is 13.7. The van der Waals surface area contributed by atoms with Crippen LogP contribution in [0.15, 0.2) is 53.7 Å². The van der Waals surface area contributed by atoms with E-state index in [4.69, 9.17) is 4.74 Å². The van der Waals surface area contributed by atoms with Crippen molar-refractivity contribution >= 4 is 28.8 Å². The smallest absolute Gasteiger partial charge is 0.254 e. The van der Waals surface area contributed by atoms with Crippen molar-refractivity contribution in [3.8, 4) is 5.75 Å². The van der Waals surface area contributed by atoms with E-state index in [1.54, 1.807) is 6.21 Å². The van der Waals surface area contributed by atoms with Crippen molar-refractivity contribution < 1.29 is 14.3 Å². The van der Waals surface area contributed by atoms with Gasteiger partial charge in [-0.2, -0.15) is 10.1 Å². The molecular weight excluding hydrogens is 352 g/mol. The molecule has 1 saturated heterocycles. The normalized spacial score (nSPS) is 28.1. The van der Waals surface area contributed by atoms with Crippen molar-refractivity contribution in [1.29, 1.82) is 0 Å². The molecule has 3 aliphatic rings. The molecule has 5 heteroatoms. The third kappa shape index (κ3) is 2.49. The van der Waals surface area contributed by atoms with Crippen LogP contribution in [0.2, 0.25) is 0 Å². The van der Waals surface area contributed by atoms with Gasteiger partial charge in [0.2, 0.25) is 0 Å². The molecule has 2 aromatic rings. The molecule has 5 rings (SSSR count). The molecule has 4 atom stereocenters. The van der Waals surface area contributed by atoms with Crippen LogP contribution in [0.4, 0.5) is 0 Å². The number of fused-ring (bicyclic) bond motifs is 6. The molecule has 1 aliphatic heterocycles. The van der Waals surface area contributed by atoms with Crippen molar-refractivity contribution in [2.75, 3.05) is 6.61 Å². The maximum absolute atomic E-state index is 12.9. The van der Waals surface area contributed by atoms with Gasteiger partial charge in [-0.1, -0.05) is 49.4 Å². The first-order valence-corrected chi connectivity index (χ1v) is 9.93. The molecule has 0 spiro atoms. The van der Waals surface area contributed by atoms with E-state index in [0.717, 1.165) is 34.2 Å². The first-order valence-electron chi connectivity index (χ1n) is 9.93. The molecular formula is C23H22N2O3. The highest BCUT2D eigenvalue weighted by molar-refractivity contribution is 6.08. The predicted octanol–water partition coefficient (Wildman–Crippen LogP) is 3.77. The second-order valence-electron chi connectivity index (χ2n) is 7.78. The second kappa shape index (κ2) is 6.59. The Labute approximate surface area is 163 Å². The SMILES string of the molecule is CCCOc1ccc2ccccc2c1C=NN1C(=O)[C@@H]2[C@H](C1=O)[C@@H]1C=C[C@H]2C1. The molecule has 1 heterocycles. The van der Waals surface area contributed by atoms with E-state index in [2.05, 4.69) is 24.2 Å². The summed E-state index contributed by atoms with van der Waals surface area (Å²) in [5.74, 6) is 0.287. The van der Waals surface area contributed by atoms with E-state index in [1.807, 2.05) is 36.4 Å². The number of imide groups is 1. The van der Waals surface area contributed by atoms with E-state index in [-0.39, 0.29) is 35.5 Å². The number of carbonyl (C=O) groups excluding carboxylic acids is 2. The predicted molar refractivity (Wildman–Crippen MR) is 107 cm³/mol. The van der Waals surface area contributed by atoms with E-state index in [9.17, 15) is 9.59 Å². The lowest BCUT2D eigenvalue weighted by Gasteiger charge is -2.13. The summed E-state index contributed by atoms with van der Waals surface area (Å²) in [6.07, 6.45) is 7.60. The summed E-state index contributed by atoms with van der Waals surface area (Å²) in [6.45, 7) is 2.65. The molecule has 28 heavy (non-hydrogen) atoms. The zero-order valence-electron chi connectivity index (χ0n) is 15.7. The molecule has 2 amide bonds. The number of carbonyl (C=O) groups is 2. The molecule has 5 nitrogen and oxygen atoms in total. The van der Waals surface area contributed by atoms with Crippen LogP contribution < -0.4 is 4.74 Å². The molecule has 0 N–H and O–H groups in total. The van der Waals surface area contributed by atoms with Gasteiger partial charge in [-0.3, -0.25) is 9.59 Å². The largest absolute Gasteiger partial charge is 0.493 e. The van der Waals surface area contributed by atoms with Gasteiger partial charge in [0.1, 0.15) is 5.75 Å². The molecule has 142 valence electrons. The Bertz CT molecular complexity index is 996. The lowest BCUT2D eigenvalue weighted by atomic mass is 9.85. The number of hydrazone groups is 1. The van der Waals surface area contributed by atoms with Crippen molar-refractivity contribution in [2.24, 2.45) is 28.8 Å². The third-order valence-corrected chi connectivity index (χ3v) is 6.14. The number of allylic oxidation sites excluding steroid dienone is 2. The van der Waals surface area contributed by atoms with Crippen LogP contribution in [0.3, 0.4) is 0 Å². The van der Waals surface area contributed by atoms with Crippen LogP contribution >= 0.6 is 0 Å². The zero-order valence-corrected chi connectivity index (χ0v) is 15.7. The highest BCUT2D eigenvalue weighted by atomic mass is 16.5. The molecule has 2 fully saturated rings. The maximum Gasteiger partial charge on any atom is 0.254 e. The van der Waals surface area contributed by atoms with E-state index < -0.39 is 0 Å². The Kier molecular flexibility index (Phi) is 4.04. The van der Waals surface area contributed by atoms with Gasteiger partial charge in [-0.05, 0) is 41.5 Å². The van der Waals surface area contributed by atoms with E-state index in [1.165, 1.54) is 0 Å². The van der Waals surface area contributed by atoms with E-state index in [0.29, 0.717) is 12.4 Å². The van der Waals surface area contributed by atoms with Crippen LogP contribution in [0.25, 0.3) is 10.8 Å². The number of nitrogens with zero attached hydrogens (tertiary/aromatic N) is 2. The number of rotatable bonds is 5. The summed E-state index contributed by atoms with van der Waals surface area (Å²) in [6, 6.07) is 11.9. The lowest BCUT2D eigenvalue weighted by molar-refractivity contribution is -0.140. The Morgan fingerprint density at radius 1 is 1.07 bits per heavy atom. The number of benzene rings is 2. The Morgan fingerprint density at radius 3 is 2.50 bits per heavy atom. The monoisotopic (exact) mass is 374 g/mol. The van der Waals surface area contributed by atoms with Crippen molar-refractivity contribution in [3.63, 3.8) is 0 Å². The zero-order chi connectivity index (χ0) is 19.3. The van der Waals surface area contributed by atoms with Gasteiger partial charge < -0.3 is 4.74 Å². The van der Waals surface area contributed by atoms with Gasteiger partial charge in [-0.15, -0.1) is 0 Å². The summed E-state index contributed by atoms with van der Waals surface area (Å²) >= 11 is 0. The van der Waals surface area contributed by atoms with Gasteiger partial charge in [0.05, 0.1) is 24.7 Å². The fraction of sp³-hybridized carbons (Fsp3) is 0.348.